The van der Waals surface area contributed by atoms with Gasteiger partial charge in [0.2, 0.25) is 59.1 Å². The first-order chi connectivity index (χ1) is 47.0. The Bertz CT molecular complexity index is 2860. The van der Waals surface area contributed by atoms with Crippen molar-refractivity contribution in [2.45, 2.75) is 209 Å². The third-order valence-electron chi connectivity index (χ3n) is 15.4. The molecular formula is C58H109N27O15. The third kappa shape index (κ3) is 35.4. The van der Waals surface area contributed by atoms with Gasteiger partial charge in [-0.2, -0.15) is 0 Å². The summed E-state index contributed by atoms with van der Waals surface area (Å²) in [6.45, 7) is 5.74. The minimum atomic E-state index is -1.74. The topological polar surface area (TPSA) is 751 Å². The van der Waals surface area contributed by atoms with Gasteiger partial charge in [0.1, 0.15) is 66.5 Å². The molecule has 42 nitrogen and oxygen atoms in total. The Balaban J connectivity index is 3.85. The predicted molar refractivity (Wildman–Crippen MR) is 369 cm³/mol. The lowest BCUT2D eigenvalue weighted by molar-refractivity contribution is -0.143. The van der Waals surface area contributed by atoms with E-state index in [9.17, 15) is 72.9 Å². The van der Waals surface area contributed by atoms with Crippen LogP contribution < -0.4 is 117 Å². The molecule has 1 heterocycles. The lowest BCUT2D eigenvalue weighted by Crippen LogP contribution is -2.60. The van der Waals surface area contributed by atoms with Crippen LogP contribution in [0.25, 0.3) is 0 Å². The van der Waals surface area contributed by atoms with Crippen LogP contribution in [0.4, 0.5) is 0 Å². The number of carboxylic acid groups (broad SMARTS) is 2. The summed E-state index contributed by atoms with van der Waals surface area (Å²) in [5.74, 6) is -14.0. The Morgan fingerprint density at radius 3 is 1.05 bits per heavy atom. The number of aliphatic carboxylic acids is 2. The summed E-state index contributed by atoms with van der Waals surface area (Å²) in [7, 11) is 0. The van der Waals surface area contributed by atoms with Crippen molar-refractivity contribution in [2.24, 2.45) is 99.7 Å². The molecule has 1 rings (SSSR count). The fourth-order valence-electron chi connectivity index (χ4n) is 9.93. The molecule has 1 aliphatic rings. The average molecular weight is 1420 g/mol. The Morgan fingerprint density at radius 1 is 0.430 bits per heavy atom. The lowest BCUT2D eigenvalue weighted by atomic mass is 10.0. The van der Waals surface area contributed by atoms with Gasteiger partial charge in [0.15, 0.2) is 29.8 Å². The molecule has 36 N–H and O–H groups in total. The molecule has 0 aromatic rings. The van der Waals surface area contributed by atoms with E-state index in [0.29, 0.717) is 12.8 Å². The van der Waals surface area contributed by atoms with E-state index < -0.39 is 162 Å². The first kappa shape index (κ1) is 87.9. The third-order valence-corrected chi connectivity index (χ3v) is 15.4. The molecule has 0 bridgehead atoms. The number of unbranched alkanes of at least 4 members (excludes halogenated alkanes) is 1. The summed E-state index contributed by atoms with van der Waals surface area (Å²) in [5.41, 5.74) is 67.0. The van der Waals surface area contributed by atoms with Crippen LogP contribution >= 0.6 is 0 Å². The second-order valence-electron chi connectivity index (χ2n) is 24.1. The number of aliphatic hydroxyl groups excluding tert-OH is 1. The van der Waals surface area contributed by atoms with Gasteiger partial charge in [-0.05, 0) is 129 Å². The summed E-state index contributed by atoms with van der Waals surface area (Å²) in [6, 6.07) is -16.0. The van der Waals surface area contributed by atoms with Crippen LogP contribution in [0.3, 0.4) is 0 Å². The molecule has 42 heteroatoms. The Hall–Kier alpha value is -10.1. The number of hydrogen-bond donors (Lipinski definition) is 24. The molecule has 0 radical (unpaired) electrons. The fourth-order valence-corrected chi connectivity index (χ4v) is 9.93. The summed E-state index contributed by atoms with van der Waals surface area (Å²) >= 11 is 0. The van der Waals surface area contributed by atoms with Crippen molar-refractivity contribution in [3.8, 4) is 0 Å². The number of nitrogens with two attached hydrogens (primary N) is 12. The number of amides is 10. The largest absolute Gasteiger partial charge is 0.481 e. The molecule has 0 aliphatic carbocycles. The molecule has 566 valence electrons. The van der Waals surface area contributed by atoms with Crippen LogP contribution in [-0.4, -0.2) is 239 Å². The van der Waals surface area contributed by atoms with Gasteiger partial charge in [-0.15, -0.1) is 0 Å². The molecular weight excluding hydrogens is 1310 g/mol. The standard InChI is InChI=1S/C58H109N27O15/c1-29(2)42(53(99)100)84-50(96)37(18-11-27-75-58(69)70)77-43(89)30(3)76-44(90)32(13-5-6-22-59)78-45(91)33(14-7-23-71-54(61)62)79-46(92)34(15-8-24-72-55(63)64)80-47(93)35(16-9-25-73-56(65)66)81-49(95)38(20-21-40(87)88)82-48(94)36(17-10-26-74-57(67)68)83-51(97)39-19-12-28-85(39)52(98)41(60)31(4)86/h29-39,41-42,86H,5-28,59-60H2,1-4H3,(H,76,90)(H,77,89)(H,78,91)(H,79,92)(H,80,93)(H,81,95)(H,82,94)(H,83,97)(H,84,96)(H,87,88)(H,99,100)(H4,61,62,71)(H4,63,64,72)(H4,65,66,73)(H4,67,68,74)(H4,69,70,75)/t30-,31+,32-,33-,34-,35-,36-,37-,38-,39-,41-,42-/m0/s1. The van der Waals surface area contributed by atoms with Crippen molar-refractivity contribution in [3.05, 3.63) is 0 Å². The van der Waals surface area contributed by atoms with E-state index >= 15 is 0 Å². The van der Waals surface area contributed by atoms with Crippen LogP contribution in [0.1, 0.15) is 137 Å². The Morgan fingerprint density at radius 2 is 0.740 bits per heavy atom. The lowest BCUT2D eigenvalue weighted by Gasteiger charge is -2.30. The molecule has 1 saturated heterocycles. The normalized spacial score (nSPS) is 15.8. The van der Waals surface area contributed by atoms with Crippen LogP contribution in [0.5, 0.6) is 0 Å². The number of nitrogens with one attached hydrogen (secondary N) is 9. The summed E-state index contributed by atoms with van der Waals surface area (Å²) in [5, 5.41) is 52.5. The molecule has 0 spiro atoms. The van der Waals surface area contributed by atoms with E-state index in [-0.39, 0.29) is 159 Å². The second kappa shape index (κ2) is 47.0. The molecule has 12 atom stereocenters. The van der Waals surface area contributed by atoms with Crippen molar-refractivity contribution in [2.75, 3.05) is 45.8 Å². The van der Waals surface area contributed by atoms with E-state index in [2.05, 4.69) is 72.8 Å². The summed E-state index contributed by atoms with van der Waals surface area (Å²) in [4.78, 5) is 186. The van der Waals surface area contributed by atoms with Crippen molar-refractivity contribution in [3.63, 3.8) is 0 Å². The summed E-state index contributed by atoms with van der Waals surface area (Å²) in [6.07, 6.45) is -2.27. The quantitative estimate of drug-likeness (QED) is 0.0153. The Labute approximate surface area is 579 Å². The van der Waals surface area contributed by atoms with Crippen LogP contribution in [-0.2, 0) is 57.5 Å². The van der Waals surface area contributed by atoms with Gasteiger partial charge in [0.25, 0.3) is 0 Å². The number of likely N-dealkylation sites (tertiary alicyclic amines) is 1. The fraction of sp³-hybridized carbons (Fsp3) is 0.707. The number of carboxylic acids is 2. The smallest absolute Gasteiger partial charge is 0.326 e. The number of carbonyl (C=O) groups excluding carboxylic acids is 10. The van der Waals surface area contributed by atoms with E-state index in [4.69, 9.17) is 68.8 Å². The van der Waals surface area contributed by atoms with E-state index in [1.54, 1.807) is 13.8 Å². The molecule has 0 unspecified atom stereocenters. The zero-order valence-electron chi connectivity index (χ0n) is 57.3. The predicted octanol–water partition coefficient (Wildman–Crippen LogP) is -9.93. The second-order valence-corrected chi connectivity index (χ2v) is 24.1. The Kier molecular flexibility index (Phi) is 41.3. The number of carbonyl (C=O) groups is 12. The van der Waals surface area contributed by atoms with Crippen molar-refractivity contribution in [1.82, 2.24) is 52.8 Å². The highest BCUT2D eigenvalue weighted by atomic mass is 16.4. The molecule has 100 heavy (non-hydrogen) atoms. The highest BCUT2D eigenvalue weighted by molar-refractivity contribution is 5.99. The van der Waals surface area contributed by atoms with E-state index in [1.165, 1.54) is 18.7 Å². The number of guanidine groups is 5. The molecule has 0 aromatic heterocycles. The molecule has 10 amide bonds. The first-order valence-corrected chi connectivity index (χ1v) is 32.9. The number of aliphatic hydroxyl groups is 1. The average Bonchev–Trinajstić information content (AvgIpc) is 1.61. The van der Waals surface area contributed by atoms with Gasteiger partial charge in [-0.25, -0.2) is 4.79 Å². The van der Waals surface area contributed by atoms with Gasteiger partial charge in [0, 0.05) is 45.7 Å². The minimum absolute atomic E-state index is 0.00405. The van der Waals surface area contributed by atoms with Gasteiger partial charge in [0.05, 0.1) is 6.10 Å². The van der Waals surface area contributed by atoms with Crippen LogP contribution in [0.2, 0.25) is 0 Å². The van der Waals surface area contributed by atoms with Crippen LogP contribution in [0.15, 0.2) is 25.0 Å². The maximum absolute atomic E-state index is 14.7. The zero-order chi connectivity index (χ0) is 75.8. The van der Waals surface area contributed by atoms with E-state index in [0.717, 1.165) is 0 Å². The van der Waals surface area contributed by atoms with Gasteiger partial charge in [-0.3, -0.25) is 77.7 Å². The zero-order valence-corrected chi connectivity index (χ0v) is 57.3. The number of aliphatic imine (C=N–C) groups is 5. The number of hydrogen-bond acceptors (Lipinski definition) is 20. The highest BCUT2D eigenvalue weighted by Crippen LogP contribution is 2.20. The van der Waals surface area contributed by atoms with Crippen molar-refractivity contribution in [1.29, 1.82) is 0 Å². The maximum Gasteiger partial charge on any atom is 0.326 e. The highest BCUT2D eigenvalue weighted by Gasteiger charge is 2.40. The first-order valence-electron chi connectivity index (χ1n) is 32.9. The van der Waals surface area contributed by atoms with Gasteiger partial charge >= 0.3 is 11.9 Å². The van der Waals surface area contributed by atoms with Crippen molar-refractivity contribution >= 4 is 101 Å². The molecule has 1 aliphatic heterocycles. The SMILES string of the molecule is CC(C)[C@H](NC(=O)[C@H](CCCN=C(N)N)NC(=O)[C@H](C)NC(=O)[C@H](CCCCN)NC(=O)[C@H](CCCN=C(N)N)NC(=O)[C@H](CCCN=C(N)N)NC(=O)[C@H](CCCN=C(N)N)NC(=O)[C@H](CCC(=O)O)NC(=O)[C@H](CCCN=C(N)N)NC(=O)[C@@H]1CCCN1C(=O)[C@@H](N)[C@@H](C)O)C(=O)O. The monoisotopic (exact) mass is 1420 g/mol. The van der Waals surface area contributed by atoms with Gasteiger partial charge in [-0.1, -0.05) is 13.8 Å². The summed E-state index contributed by atoms with van der Waals surface area (Å²) < 4.78 is 0. The van der Waals surface area contributed by atoms with Crippen molar-refractivity contribution < 1.29 is 72.9 Å². The molecule has 1 fully saturated rings. The molecule has 0 aromatic carbocycles. The van der Waals surface area contributed by atoms with Gasteiger partial charge < -0.3 is 137 Å². The number of rotatable bonds is 49. The number of nitrogens with zero attached hydrogens (tertiary/aromatic N) is 6. The van der Waals surface area contributed by atoms with Crippen LogP contribution in [0, 0.1) is 5.92 Å². The molecule has 0 saturated carbocycles. The maximum atomic E-state index is 14.7. The minimum Gasteiger partial charge on any atom is -0.481 e. The van der Waals surface area contributed by atoms with E-state index in [1.807, 2.05) is 0 Å².